The molecule has 2 aromatic heterocycles. The van der Waals surface area contributed by atoms with Crippen LogP contribution in [-0.4, -0.2) is 39.8 Å². The third-order valence-electron chi connectivity index (χ3n) is 5.11. The topological polar surface area (TPSA) is 42.3 Å². The van der Waals surface area contributed by atoms with E-state index in [0.29, 0.717) is 6.61 Å². The van der Waals surface area contributed by atoms with Crippen LogP contribution in [0.4, 0.5) is 0 Å². The number of aromatic nitrogens is 2. The van der Waals surface area contributed by atoms with Crippen molar-refractivity contribution in [2.45, 2.75) is 45.8 Å². The highest BCUT2D eigenvalue weighted by atomic mass is 32.1. The lowest BCUT2D eigenvalue weighted by atomic mass is 9.96. The molecule has 1 fully saturated rings. The number of ether oxygens (including phenoxy) is 1. The summed E-state index contributed by atoms with van der Waals surface area (Å²) in [6.45, 7) is 9.04. The molecule has 3 heterocycles. The minimum absolute atomic E-state index is 0.0617. The maximum absolute atomic E-state index is 5.67. The standard InChI is InChI=1S/C20H28N4OS/c1-5-10-24-19(16-13-14(2)23(15(16)3)11-12-25-4)18(22-20(24)26)17-8-6-7-9-21-17/h6-9,13,18-19H,5,10-12H2,1-4H3,(H,22,26)/t18-,19-/m1/s1. The van der Waals surface area contributed by atoms with E-state index in [9.17, 15) is 0 Å². The van der Waals surface area contributed by atoms with Gasteiger partial charge >= 0.3 is 0 Å². The number of hydrogen-bond donors (Lipinski definition) is 1. The summed E-state index contributed by atoms with van der Waals surface area (Å²) >= 11 is 5.67. The van der Waals surface area contributed by atoms with Crippen molar-refractivity contribution in [1.82, 2.24) is 19.8 Å². The summed E-state index contributed by atoms with van der Waals surface area (Å²) in [5, 5.41) is 4.33. The number of nitrogens with one attached hydrogen (secondary N) is 1. The molecule has 140 valence electrons. The second kappa shape index (κ2) is 8.18. The molecule has 1 aliphatic rings. The number of hydrogen-bond acceptors (Lipinski definition) is 3. The van der Waals surface area contributed by atoms with E-state index >= 15 is 0 Å². The van der Waals surface area contributed by atoms with Gasteiger partial charge in [-0.25, -0.2) is 0 Å². The van der Waals surface area contributed by atoms with Crippen molar-refractivity contribution in [2.24, 2.45) is 0 Å². The molecule has 1 N–H and O–H groups in total. The Kier molecular flexibility index (Phi) is 5.94. The van der Waals surface area contributed by atoms with Crippen molar-refractivity contribution in [1.29, 1.82) is 0 Å². The Labute approximate surface area is 161 Å². The van der Waals surface area contributed by atoms with Crippen molar-refractivity contribution >= 4 is 17.3 Å². The zero-order valence-electron chi connectivity index (χ0n) is 16.0. The van der Waals surface area contributed by atoms with Gasteiger partial charge in [-0.15, -0.1) is 0 Å². The molecule has 0 bridgehead atoms. The van der Waals surface area contributed by atoms with Gasteiger partial charge in [-0.3, -0.25) is 4.98 Å². The summed E-state index contributed by atoms with van der Waals surface area (Å²) in [6.07, 6.45) is 2.90. The SMILES string of the molecule is CCCN1C(=S)N[C@H](c2ccccn2)[C@H]1c1cc(C)n(CCOC)c1C. The van der Waals surface area contributed by atoms with Crippen molar-refractivity contribution in [3.8, 4) is 0 Å². The van der Waals surface area contributed by atoms with Crippen molar-refractivity contribution in [3.05, 3.63) is 53.1 Å². The van der Waals surface area contributed by atoms with E-state index in [2.05, 4.69) is 52.7 Å². The molecule has 1 aliphatic heterocycles. The first-order valence-corrected chi connectivity index (χ1v) is 9.63. The third-order valence-corrected chi connectivity index (χ3v) is 5.47. The van der Waals surface area contributed by atoms with E-state index in [1.165, 1.54) is 17.0 Å². The van der Waals surface area contributed by atoms with Gasteiger partial charge < -0.3 is 19.5 Å². The summed E-state index contributed by atoms with van der Waals surface area (Å²) in [6, 6.07) is 8.57. The van der Waals surface area contributed by atoms with Gasteiger partial charge in [0.05, 0.1) is 24.4 Å². The van der Waals surface area contributed by atoms with E-state index in [0.717, 1.165) is 30.3 Å². The fourth-order valence-electron chi connectivity index (χ4n) is 3.88. The Bertz CT molecular complexity index is 759. The van der Waals surface area contributed by atoms with Crippen LogP contribution in [0.15, 0.2) is 30.5 Å². The maximum Gasteiger partial charge on any atom is 0.170 e. The molecular weight excluding hydrogens is 344 g/mol. The van der Waals surface area contributed by atoms with Gasteiger partial charge in [-0.05, 0) is 56.2 Å². The highest BCUT2D eigenvalue weighted by Crippen LogP contribution is 2.40. The Morgan fingerprint density at radius 3 is 2.73 bits per heavy atom. The Morgan fingerprint density at radius 2 is 2.08 bits per heavy atom. The lowest BCUT2D eigenvalue weighted by Crippen LogP contribution is -2.30. The first-order valence-electron chi connectivity index (χ1n) is 9.22. The lowest BCUT2D eigenvalue weighted by molar-refractivity contribution is 0.186. The third kappa shape index (κ3) is 3.48. The molecule has 2 aromatic rings. The molecular formula is C20H28N4OS. The molecule has 0 aliphatic carbocycles. The van der Waals surface area contributed by atoms with E-state index in [4.69, 9.17) is 17.0 Å². The van der Waals surface area contributed by atoms with Gasteiger partial charge in [0.1, 0.15) is 0 Å². The molecule has 26 heavy (non-hydrogen) atoms. The van der Waals surface area contributed by atoms with E-state index in [1.54, 1.807) is 7.11 Å². The molecule has 0 saturated carbocycles. The normalized spacial score (nSPS) is 19.8. The molecule has 1 saturated heterocycles. The van der Waals surface area contributed by atoms with Crippen molar-refractivity contribution in [3.63, 3.8) is 0 Å². The van der Waals surface area contributed by atoms with Crippen molar-refractivity contribution < 1.29 is 4.74 Å². The van der Waals surface area contributed by atoms with Crippen LogP contribution in [0.1, 0.15) is 48.1 Å². The van der Waals surface area contributed by atoms with Crippen LogP contribution < -0.4 is 5.32 Å². The molecule has 0 amide bonds. The summed E-state index contributed by atoms with van der Waals surface area (Å²) in [5.41, 5.74) is 4.87. The van der Waals surface area contributed by atoms with Gasteiger partial charge in [0.25, 0.3) is 0 Å². The summed E-state index contributed by atoms with van der Waals surface area (Å²) < 4.78 is 7.62. The van der Waals surface area contributed by atoms with E-state index < -0.39 is 0 Å². The largest absolute Gasteiger partial charge is 0.383 e. The molecule has 0 aromatic carbocycles. The average molecular weight is 373 g/mol. The van der Waals surface area contributed by atoms with E-state index in [-0.39, 0.29) is 12.1 Å². The number of nitrogens with zero attached hydrogens (tertiary/aromatic N) is 3. The predicted molar refractivity (Wildman–Crippen MR) is 108 cm³/mol. The number of thiocarbonyl (C=S) groups is 1. The van der Waals surface area contributed by atoms with Crippen LogP contribution in [0.3, 0.4) is 0 Å². The maximum atomic E-state index is 5.67. The second-order valence-corrected chi connectivity index (χ2v) is 7.18. The van der Waals surface area contributed by atoms with Crippen LogP contribution in [0.2, 0.25) is 0 Å². The smallest absolute Gasteiger partial charge is 0.170 e. The van der Waals surface area contributed by atoms with Crippen LogP contribution in [0.5, 0.6) is 0 Å². The molecule has 2 atom stereocenters. The van der Waals surface area contributed by atoms with Gasteiger partial charge in [0.15, 0.2) is 5.11 Å². The molecule has 6 heteroatoms. The first-order chi connectivity index (χ1) is 12.6. The number of rotatable bonds is 7. The van der Waals surface area contributed by atoms with Crippen molar-refractivity contribution in [2.75, 3.05) is 20.3 Å². The summed E-state index contributed by atoms with van der Waals surface area (Å²) in [4.78, 5) is 6.91. The minimum atomic E-state index is 0.0617. The lowest BCUT2D eigenvalue weighted by Gasteiger charge is -2.27. The van der Waals surface area contributed by atoms with Crippen LogP contribution >= 0.6 is 12.2 Å². The molecule has 0 radical (unpaired) electrons. The number of methoxy groups -OCH3 is 1. The fourth-order valence-corrected chi connectivity index (χ4v) is 4.21. The monoisotopic (exact) mass is 372 g/mol. The van der Waals surface area contributed by atoms with Gasteiger partial charge in [0.2, 0.25) is 0 Å². The highest BCUT2D eigenvalue weighted by Gasteiger charge is 2.40. The van der Waals surface area contributed by atoms with Crippen LogP contribution in [0, 0.1) is 13.8 Å². The molecule has 3 rings (SSSR count). The molecule has 5 nitrogen and oxygen atoms in total. The predicted octanol–water partition coefficient (Wildman–Crippen LogP) is 3.53. The molecule has 0 spiro atoms. The summed E-state index contributed by atoms with van der Waals surface area (Å²) in [5.74, 6) is 0. The van der Waals surface area contributed by atoms with Gasteiger partial charge in [0, 0.05) is 37.8 Å². The zero-order valence-corrected chi connectivity index (χ0v) is 16.8. The minimum Gasteiger partial charge on any atom is -0.383 e. The quantitative estimate of drug-likeness (QED) is 0.753. The molecule has 0 unspecified atom stereocenters. The van der Waals surface area contributed by atoms with Crippen LogP contribution in [0.25, 0.3) is 0 Å². The van der Waals surface area contributed by atoms with E-state index in [1.807, 2.05) is 18.3 Å². The Hall–Kier alpha value is -1.92. The first kappa shape index (κ1) is 18.9. The van der Waals surface area contributed by atoms with Gasteiger partial charge in [-0.1, -0.05) is 13.0 Å². The zero-order chi connectivity index (χ0) is 18.7. The second-order valence-electron chi connectivity index (χ2n) is 6.79. The summed E-state index contributed by atoms with van der Waals surface area (Å²) in [7, 11) is 1.74. The van der Waals surface area contributed by atoms with Gasteiger partial charge in [-0.2, -0.15) is 0 Å². The Morgan fingerprint density at radius 1 is 1.27 bits per heavy atom. The van der Waals surface area contributed by atoms with Crippen LogP contribution in [-0.2, 0) is 11.3 Å². The fraction of sp³-hybridized carbons (Fsp3) is 0.500. The Balaban J connectivity index is 2.03. The average Bonchev–Trinajstić information content (AvgIpc) is 3.11. The number of pyridine rings is 1. The highest BCUT2D eigenvalue weighted by molar-refractivity contribution is 7.80. The number of aryl methyl sites for hydroxylation is 1.